The van der Waals surface area contributed by atoms with Gasteiger partial charge in [-0.05, 0) is 109 Å². The number of amides is 1. The molecule has 0 aliphatic carbocycles. The van der Waals surface area contributed by atoms with Crippen LogP contribution in [0.5, 0.6) is 0 Å². The van der Waals surface area contributed by atoms with Crippen molar-refractivity contribution >= 4 is 11.9 Å². The second kappa shape index (κ2) is 68.2. The van der Waals surface area contributed by atoms with Crippen molar-refractivity contribution in [1.82, 2.24) is 5.32 Å². The molecule has 528 valence electrons. The Morgan fingerprint density at radius 2 is 0.780 bits per heavy atom. The molecule has 1 heterocycles. The van der Waals surface area contributed by atoms with Crippen LogP contribution in [0.3, 0.4) is 0 Å². The van der Waals surface area contributed by atoms with Crippen molar-refractivity contribution in [3.8, 4) is 0 Å². The van der Waals surface area contributed by atoms with Gasteiger partial charge < -0.3 is 45.1 Å². The van der Waals surface area contributed by atoms with E-state index in [1.165, 1.54) is 238 Å². The molecule has 0 saturated carbocycles. The zero-order valence-corrected chi connectivity index (χ0v) is 58.8. The van der Waals surface area contributed by atoms with Crippen molar-refractivity contribution in [3.63, 3.8) is 0 Å². The number of unbranched alkanes of at least 4 members (excludes halogenated alkanes) is 41. The third-order valence-electron chi connectivity index (χ3n) is 17.7. The van der Waals surface area contributed by atoms with Crippen LogP contribution in [0.2, 0.25) is 0 Å². The molecule has 1 aliphatic heterocycles. The Morgan fingerprint density at radius 1 is 0.418 bits per heavy atom. The van der Waals surface area contributed by atoms with Gasteiger partial charge in [0.2, 0.25) is 5.91 Å². The Labute approximate surface area is 559 Å². The Balaban J connectivity index is 1.89. The van der Waals surface area contributed by atoms with Crippen LogP contribution >= 0.6 is 0 Å². The lowest BCUT2D eigenvalue weighted by Crippen LogP contribution is -2.60. The fourth-order valence-corrected chi connectivity index (χ4v) is 11.7. The summed E-state index contributed by atoms with van der Waals surface area (Å²) in [5.41, 5.74) is 0. The fourth-order valence-electron chi connectivity index (χ4n) is 11.7. The van der Waals surface area contributed by atoms with Crippen LogP contribution in [0.15, 0.2) is 85.1 Å². The molecule has 1 fully saturated rings. The molecule has 1 rings (SSSR count). The number of allylic oxidation sites excluding steroid dienone is 13. The third-order valence-corrected chi connectivity index (χ3v) is 17.7. The number of aliphatic hydroxyl groups is 5. The van der Waals surface area contributed by atoms with Gasteiger partial charge in [-0.3, -0.25) is 9.59 Å². The largest absolute Gasteiger partial charge is 0.466 e. The van der Waals surface area contributed by atoms with Crippen molar-refractivity contribution in [1.29, 1.82) is 0 Å². The van der Waals surface area contributed by atoms with Crippen LogP contribution in [-0.2, 0) is 23.8 Å². The Bertz CT molecular complexity index is 1790. The number of esters is 1. The van der Waals surface area contributed by atoms with Gasteiger partial charge >= 0.3 is 5.97 Å². The number of carbonyl (C=O) groups is 2. The standard InChI is InChI=1S/C80H143NO10/c1-3-5-7-9-11-13-15-16-45-48-52-56-60-64-68-76(85)89-69-65-61-57-53-49-46-43-41-39-37-35-33-31-29-27-25-23-21-19-17-18-20-22-24-26-28-30-32-34-36-38-40-42-44-47-51-55-59-63-67-75(84)81-72(71-90-80-79(88)78(87)77(86)74(70-82)91-80)73(83)66-62-58-54-50-14-12-10-8-6-4-2/h6,8-9,11,14-18,21,23,50,62,66,72-74,77-80,82-83,86-88H,3-5,7,10,12-13,19-20,22,24-49,51-61,63-65,67-71H2,1-2H3,(H,81,84)/b8-6+,11-9-,16-15-,18-17-,23-21-,50-14+,66-62+. The minimum absolute atomic E-state index is 0.000821. The van der Waals surface area contributed by atoms with Crippen LogP contribution in [-0.4, -0.2) is 100 Å². The Kier molecular flexibility index (Phi) is 64.4. The zero-order chi connectivity index (χ0) is 65.8. The molecule has 1 amide bonds. The summed E-state index contributed by atoms with van der Waals surface area (Å²) in [5.74, 6) is -0.196. The summed E-state index contributed by atoms with van der Waals surface area (Å²) < 4.78 is 16.7. The van der Waals surface area contributed by atoms with Gasteiger partial charge in [-0.2, -0.15) is 0 Å². The van der Waals surface area contributed by atoms with E-state index >= 15 is 0 Å². The number of rotatable bonds is 67. The molecule has 0 radical (unpaired) electrons. The Morgan fingerprint density at radius 3 is 1.20 bits per heavy atom. The predicted octanol–water partition coefficient (Wildman–Crippen LogP) is 20.4. The summed E-state index contributed by atoms with van der Waals surface area (Å²) in [6.07, 6.45) is 84.9. The second-order valence-corrected chi connectivity index (χ2v) is 26.3. The molecule has 1 aliphatic rings. The van der Waals surface area contributed by atoms with E-state index in [1.54, 1.807) is 6.08 Å². The summed E-state index contributed by atoms with van der Waals surface area (Å²) in [6, 6.07) is -0.833. The van der Waals surface area contributed by atoms with E-state index in [0.717, 1.165) is 83.5 Å². The highest BCUT2D eigenvalue weighted by atomic mass is 16.7. The van der Waals surface area contributed by atoms with E-state index in [9.17, 15) is 35.1 Å². The highest BCUT2D eigenvalue weighted by Gasteiger charge is 2.44. The van der Waals surface area contributed by atoms with Crippen LogP contribution in [0.25, 0.3) is 0 Å². The van der Waals surface area contributed by atoms with Gasteiger partial charge in [0.15, 0.2) is 6.29 Å². The topological polar surface area (TPSA) is 175 Å². The van der Waals surface area contributed by atoms with Gasteiger partial charge in [-0.25, -0.2) is 0 Å². The van der Waals surface area contributed by atoms with E-state index in [-0.39, 0.29) is 18.5 Å². The molecule has 11 nitrogen and oxygen atoms in total. The van der Waals surface area contributed by atoms with Crippen molar-refractivity contribution in [2.24, 2.45) is 0 Å². The number of hydrogen-bond donors (Lipinski definition) is 6. The summed E-state index contributed by atoms with van der Waals surface area (Å²) >= 11 is 0. The first kappa shape index (κ1) is 85.9. The van der Waals surface area contributed by atoms with Crippen LogP contribution in [0, 0.1) is 0 Å². The van der Waals surface area contributed by atoms with Gasteiger partial charge in [-0.1, -0.05) is 311 Å². The van der Waals surface area contributed by atoms with Crippen LogP contribution in [0.4, 0.5) is 0 Å². The third kappa shape index (κ3) is 56.9. The van der Waals surface area contributed by atoms with Gasteiger partial charge in [0.1, 0.15) is 24.4 Å². The highest BCUT2D eigenvalue weighted by molar-refractivity contribution is 5.76. The predicted molar refractivity (Wildman–Crippen MR) is 384 cm³/mol. The highest BCUT2D eigenvalue weighted by Crippen LogP contribution is 2.23. The number of hydrogen-bond acceptors (Lipinski definition) is 10. The summed E-state index contributed by atoms with van der Waals surface area (Å²) in [7, 11) is 0. The minimum atomic E-state index is -1.58. The SMILES string of the molecule is CC/C=C/CC/C=C/CC/C=C/C(O)C(COC1OC(CO)C(O)C(O)C1O)NC(=O)CCCCCCCCCCCCCCCCCCC/C=C\C/C=C\CCCCCCCCCCCCCCCCCOC(=O)CCCCCCC/C=C\C/C=C\CCCC. The van der Waals surface area contributed by atoms with E-state index in [2.05, 4.69) is 92.1 Å². The van der Waals surface area contributed by atoms with Crippen LogP contribution in [0.1, 0.15) is 348 Å². The average Bonchev–Trinajstić information content (AvgIpc) is 2.82. The van der Waals surface area contributed by atoms with E-state index < -0.39 is 49.5 Å². The molecule has 7 unspecified atom stereocenters. The number of aliphatic hydroxyl groups excluding tert-OH is 5. The van der Waals surface area contributed by atoms with Gasteiger partial charge in [-0.15, -0.1) is 0 Å². The lowest BCUT2D eigenvalue weighted by Gasteiger charge is -2.40. The molecule has 1 saturated heterocycles. The second-order valence-electron chi connectivity index (χ2n) is 26.3. The summed E-state index contributed by atoms with van der Waals surface area (Å²) in [4.78, 5) is 25.1. The quantitative estimate of drug-likeness (QED) is 0.0195. The fraction of sp³-hybridized carbons (Fsp3) is 0.800. The lowest BCUT2D eigenvalue weighted by atomic mass is 9.99. The molecule has 0 aromatic carbocycles. The molecule has 91 heavy (non-hydrogen) atoms. The van der Waals surface area contributed by atoms with Crippen LogP contribution < -0.4 is 5.32 Å². The molecule has 0 aromatic heterocycles. The molecule has 0 aromatic rings. The van der Waals surface area contributed by atoms with Crippen molar-refractivity contribution in [2.75, 3.05) is 19.8 Å². The first-order valence-corrected chi connectivity index (χ1v) is 38.4. The van der Waals surface area contributed by atoms with E-state index in [4.69, 9.17) is 14.2 Å². The lowest BCUT2D eigenvalue weighted by molar-refractivity contribution is -0.302. The molecular weight excluding hydrogens is 1130 g/mol. The molecular formula is C80H143NO10. The number of ether oxygens (including phenoxy) is 3. The first-order chi connectivity index (χ1) is 44.7. The van der Waals surface area contributed by atoms with Gasteiger partial charge in [0.25, 0.3) is 0 Å². The zero-order valence-electron chi connectivity index (χ0n) is 58.8. The Hall–Kier alpha value is -3.16. The average molecular weight is 1280 g/mol. The van der Waals surface area contributed by atoms with Crippen molar-refractivity contribution < 1.29 is 49.3 Å². The smallest absolute Gasteiger partial charge is 0.305 e. The monoisotopic (exact) mass is 1280 g/mol. The maximum Gasteiger partial charge on any atom is 0.305 e. The molecule has 11 heteroatoms. The van der Waals surface area contributed by atoms with Gasteiger partial charge in [0.05, 0.1) is 32.0 Å². The number of carbonyl (C=O) groups excluding carboxylic acids is 2. The van der Waals surface area contributed by atoms with Crippen molar-refractivity contribution in [3.05, 3.63) is 85.1 Å². The summed E-state index contributed by atoms with van der Waals surface area (Å²) in [6.45, 7) is 4.18. The van der Waals surface area contributed by atoms with Gasteiger partial charge in [0, 0.05) is 12.8 Å². The van der Waals surface area contributed by atoms with Crippen molar-refractivity contribution in [2.45, 2.75) is 391 Å². The molecule has 0 spiro atoms. The molecule has 7 atom stereocenters. The maximum absolute atomic E-state index is 13.0. The summed E-state index contributed by atoms with van der Waals surface area (Å²) in [5, 5.41) is 54.3. The van der Waals surface area contributed by atoms with E-state index in [0.29, 0.717) is 19.4 Å². The normalized spacial score (nSPS) is 18.1. The minimum Gasteiger partial charge on any atom is -0.466 e. The maximum atomic E-state index is 13.0. The first-order valence-electron chi connectivity index (χ1n) is 38.4. The molecule has 6 N–H and O–H groups in total. The molecule has 0 bridgehead atoms. The van der Waals surface area contributed by atoms with E-state index in [1.807, 2.05) is 6.08 Å². The number of nitrogens with one attached hydrogen (secondary N) is 1.